The first-order valence-electron chi connectivity index (χ1n) is 6.06. The van der Waals surface area contributed by atoms with Crippen LogP contribution < -0.4 is 15.2 Å². The molecule has 0 aromatic heterocycles. The minimum atomic E-state index is 0.510. The van der Waals surface area contributed by atoms with Crippen LogP contribution in [0.25, 0.3) is 0 Å². The third-order valence-electron chi connectivity index (χ3n) is 2.82. The van der Waals surface area contributed by atoms with Crippen LogP contribution in [0.5, 0.6) is 11.5 Å². The van der Waals surface area contributed by atoms with E-state index in [1.54, 1.807) is 0 Å². The number of anilines is 1. The lowest BCUT2D eigenvalue weighted by Crippen LogP contribution is -2.03. The monoisotopic (exact) mass is 255 g/mol. The fourth-order valence-corrected chi connectivity index (χ4v) is 2.17. The molecule has 0 aliphatic heterocycles. The lowest BCUT2D eigenvalue weighted by atomic mass is 10.1. The Kier molecular flexibility index (Phi) is 3.67. The van der Waals surface area contributed by atoms with Crippen LogP contribution in [0.4, 0.5) is 5.69 Å². The molecule has 0 radical (unpaired) electrons. The van der Waals surface area contributed by atoms with Crippen LogP contribution >= 0.6 is 11.6 Å². The lowest BCUT2D eigenvalue weighted by Gasteiger charge is -2.17. The number of ether oxygens (including phenoxy) is 2. The van der Waals surface area contributed by atoms with Crippen molar-refractivity contribution in [3.63, 3.8) is 0 Å². The molecule has 0 bridgehead atoms. The molecule has 0 spiro atoms. The van der Waals surface area contributed by atoms with Crippen LogP contribution in [0.3, 0.4) is 0 Å². The molecule has 0 atom stereocenters. The third kappa shape index (κ3) is 2.44. The number of benzene rings is 1. The van der Waals surface area contributed by atoms with Gasteiger partial charge in [0.1, 0.15) is 16.5 Å². The Labute approximate surface area is 107 Å². The molecule has 0 heterocycles. The molecule has 0 saturated heterocycles. The van der Waals surface area contributed by atoms with E-state index in [9.17, 15) is 0 Å². The summed E-state index contributed by atoms with van der Waals surface area (Å²) in [7, 11) is 0. The van der Waals surface area contributed by atoms with Crippen molar-refractivity contribution < 1.29 is 9.47 Å². The smallest absolute Gasteiger partial charge is 0.147 e. The van der Waals surface area contributed by atoms with Gasteiger partial charge in [-0.2, -0.15) is 0 Å². The van der Waals surface area contributed by atoms with E-state index in [1.807, 2.05) is 19.9 Å². The van der Waals surface area contributed by atoms with E-state index in [0.717, 1.165) is 11.3 Å². The highest BCUT2D eigenvalue weighted by Gasteiger charge is 2.32. The Morgan fingerprint density at radius 3 is 2.47 bits per heavy atom. The molecule has 3 nitrogen and oxygen atoms in total. The van der Waals surface area contributed by atoms with Gasteiger partial charge in [0.05, 0.1) is 18.9 Å². The number of nitrogen functional groups attached to an aromatic ring is 1. The number of nitrogens with two attached hydrogens (primary N) is 1. The molecule has 0 amide bonds. The van der Waals surface area contributed by atoms with Gasteiger partial charge in [-0.1, -0.05) is 11.6 Å². The SMILES string of the molecule is CCOc1cc(N)c(Cl)c(OCC)c1C1CC1. The van der Waals surface area contributed by atoms with Crippen LogP contribution in [-0.4, -0.2) is 13.2 Å². The summed E-state index contributed by atoms with van der Waals surface area (Å²) in [5.74, 6) is 2.04. The van der Waals surface area contributed by atoms with Crippen molar-refractivity contribution in [1.82, 2.24) is 0 Å². The minimum Gasteiger partial charge on any atom is -0.493 e. The summed E-state index contributed by atoms with van der Waals surface area (Å²) in [6.07, 6.45) is 2.33. The molecule has 94 valence electrons. The molecule has 1 aliphatic rings. The van der Waals surface area contributed by atoms with E-state index in [-0.39, 0.29) is 0 Å². The average molecular weight is 256 g/mol. The van der Waals surface area contributed by atoms with Crippen molar-refractivity contribution in [2.24, 2.45) is 0 Å². The van der Waals surface area contributed by atoms with Gasteiger partial charge in [0.15, 0.2) is 0 Å². The van der Waals surface area contributed by atoms with E-state index in [4.69, 9.17) is 26.8 Å². The summed E-state index contributed by atoms with van der Waals surface area (Å²) in [5, 5.41) is 0.511. The normalized spacial score (nSPS) is 14.8. The van der Waals surface area contributed by atoms with Gasteiger partial charge in [0, 0.05) is 11.6 Å². The second-order valence-electron chi connectivity index (χ2n) is 4.16. The van der Waals surface area contributed by atoms with Crippen LogP contribution in [0, 0.1) is 0 Å². The van der Waals surface area contributed by atoms with Gasteiger partial charge in [-0.05, 0) is 32.6 Å². The predicted molar refractivity (Wildman–Crippen MR) is 70.2 cm³/mol. The van der Waals surface area contributed by atoms with Gasteiger partial charge in [-0.25, -0.2) is 0 Å². The van der Waals surface area contributed by atoms with Crippen molar-refractivity contribution in [2.45, 2.75) is 32.6 Å². The summed E-state index contributed by atoms with van der Waals surface area (Å²) in [4.78, 5) is 0. The molecule has 4 heteroatoms. The highest BCUT2D eigenvalue weighted by molar-refractivity contribution is 6.34. The standard InChI is InChI=1S/C13H18ClNO2/c1-3-16-10-7-9(15)12(14)13(17-4-2)11(10)8-5-6-8/h7-8H,3-6,15H2,1-2H3. The largest absolute Gasteiger partial charge is 0.493 e. The summed E-state index contributed by atoms with van der Waals surface area (Å²) in [6, 6.07) is 1.81. The Balaban J connectivity index is 2.51. The summed E-state index contributed by atoms with van der Waals surface area (Å²) < 4.78 is 11.3. The van der Waals surface area contributed by atoms with E-state index in [1.165, 1.54) is 12.8 Å². The molecule has 1 fully saturated rings. The zero-order chi connectivity index (χ0) is 12.4. The Bertz CT molecular complexity index is 416. The maximum atomic E-state index is 6.22. The van der Waals surface area contributed by atoms with E-state index >= 15 is 0 Å². The molecular formula is C13H18ClNO2. The zero-order valence-corrected chi connectivity index (χ0v) is 11.0. The molecule has 1 saturated carbocycles. The fraction of sp³-hybridized carbons (Fsp3) is 0.538. The maximum absolute atomic E-state index is 6.22. The van der Waals surface area contributed by atoms with Crippen molar-refractivity contribution in [1.29, 1.82) is 0 Å². The van der Waals surface area contributed by atoms with Gasteiger partial charge >= 0.3 is 0 Å². The van der Waals surface area contributed by atoms with Crippen LogP contribution in [0.15, 0.2) is 6.07 Å². The van der Waals surface area contributed by atoms with Crippen LogP contribution in [0.2, 0.25) is 5.02 Å². The fourth-order valence-electron chi connectivity index (χ4n) is 1.96. The van der Waals surface area contributed by atoms with Gasteiger partial charge < -0.3 is 15.2 Å². The summed E-state index contributed by atoms with van der Waals surface area (Å²) in [5.41, 5.74) is 7.49. The number of rotatable bonds is 5. The van der Waals surface area contributed by atoms with Gasteiger partial charge in [0.25, 0.3) is 0 Å². The summed E-state index contributed by atoms with van der Waals surface area (Å²) in [6.45, 7) is 5.10. The van der Waals surface area contributed by atoms with Gasteiger partial charge in [0.2, 0.25) is 0 Å². The second kappa shape index (κ2) is 5.05. The molecule has 1 aromatic rings. The molecular weight excluding hydrogens is 238 g/mol. The summed E-state index contributed by atoms with van der Waals surface area (Å²) >= 11 is 6.22. The molecule has 17 heavy (non-hydrogen) atoms. The Hall–Kier alpha value is -1.09. The highest BCUT2D eigenvalue weighted by Crippen LogP contribution is 2.52. The van der Waals surface area contributed by atoms with Crippen molar-refractivity contribution in [2.75, 3.05) is 18.9 Å². The second-order valence-corrected chi connectivity index (χ2v) is 4.54. The first-order valence-corrected chi connectivity index (χ1v) is 6.44. The van der Waals surface area contributed by atoms with Gasteiger partial charge in [-0.15, -0.1) is 0 Å². The third-order valence-corrected chi connectivity index (χ3v) is 3.21. The Morgan fingerprint density at radius 1 is 1.29 bits per heavy atom. The topological polar surface area (TPSA) is 44.5 Å². The van der Waals surface area contributed by atoms with Crippen LogP contribution in [0.1, 0.15) is 38.2 Å². The maximum Gasteiger partial charge on any atom is 0.147 e. The molecule has 2 N–H and O–H groups in total. The lowest BCUT2D eigenvalue weighted by molar-refractivity contribution is 0.317. The van der Waals surface area contributed by atoms with Crippen molar-refractivity contribution in [3.8, 4) is 11.5 Å². The molecule has 2 rings (SSSR count). The minimum absolute atomic E-state index is 0.510. The quantitative estimate of drug-likeness (QED) is 0.818. The highest BCUT2D eigenvalue weighted by atomic mass is 35.5. The number of halogens is 1. The molecule has 0 unspecified atom stereocenters. The van der Waals surface area contributed by atoms with E-state index in [2.05, 4.69) is 0 Å². The van der Waals surface area contributed by atoms with E-state index in [0.29, 0.717) is 35.6 Å². The molecule has 1 aromatic carbocycles. The first-order chi connectivity index (χ1) is 8.19. The van der Waals surface area contributed by atoms with Crippen LogP contribution in [-0.2, 0) is 0 Å². The Morgan fingerprint density at radius 2 is 1.94 bits per heavy atom. The molecule has 1 aliphatic carbocycles. The first kappa shape index (κ1) is 12.4. The zero-order valence-electron chi connectivity index (χ0n) is 10.3. The number of hydrogen-bond acceptors (Lipinski definition) is 3. The van der Waals surface area contributed by atoms with Gasteiger partial charge in [-0.3, -0.25) is 0 Å². The average Bonchev–Trinajstić information content (AvgIpc) is 3.10. The van der Waals surface area contributed by atoms with Crippen molar-refractivity contribution in [3.05, 3.63) is 16.7 Å². The van der Waals surface area contributed by atoms with Crippen molar-refractivity contribution >= 4 is 17.3 Å². The predicted octanol–water partition coefficient (Wildman–Crippen LogP) is 3.60. The van der Waals surface area contributed by atoms with E-state index < -0.39 is 0 Å². The number of hydrogen-bond donors (Lipinski definition) is 1.